The van der Waals surface area contributed by atoms with Crippen molar-refractivity contribution in [3.8, 4) is 5.75 Å². The molecule has 0 spiro atoms. The molecule has 14 heavy (non-hydrogen) atoms. The first-order valence-electron chi connectivity index (χ1n) is 4.72. The molecule has 0 unspecified atom stereocenters. The highest BCUT2D eigenvalue weighted by atomic mass is 16.5. The Kier molecular flexibility index (Phi) is 3.98. The fourth-order valence-corrected chi connectivity index (χ4v) is 1.44. The van der Waals surface area contributed by atoms with Gasteiger partial charge in [0.15, 0.2) is 0 Å². The van der Waals surface area contributed by atoms with Gasteiger partial charge in [-0.15, -0.1) is 0 Å². The van der Waals surface area contributed by atoms with Crippen LogP contribution in [0.15, 0.2) is 18.2 Å². The van der Waals surface area contributed by atoms with Crippen LogP contribution in [-0.2, 0) is 6.42 Å². The smallest absolute Gasteiger partial charge is 0.488 e. The molecule has 0 aliphatic rings. The standard InChI is InChI=1S/C10H15BO3/c1-3-4-8-5-6-9(14-2)7-10(8)11(12)13/h5-7,12-13H,3-4H2,1-2H3. The third-order valence-corrected chi connectivity index (χ3v) is 2.15. The molecule has 0 aliphatic heterocycles. The summed E-state index contributed by atoms with van der Waals surface area (Å²) in [7, 11) is 0.134. The summed E-state index contributed by atoms with van der Waals surface area (Å²) in [5.74, 6) is 0.646. The van der Waals surface area contributed by atoms with E-state index in [0.717, 1.165) is 18.4 Å². The first-order chi connectivity index (χ1) is 6.69. The minimum absolute atomic E-state index is 0.534. The molecule has 0 aliphatic carbocycles. The summed E-state index contributed by atoms with van der Waals surface area (Å²) in [4.78, 5) is 0. The molecule has 1 aromatic carbocycles. The monoisotopic (exact) mass is 194 g/mol. The number of benzene rings is 1. The Hall–Kier alpha value is -0.995. The Balaban J connectivity index is 3.03. The van der Waals surface area contributed by atoms with Crippen LogP contribution in [0.25, 0.3) is 0 Å². The number of ether oxygens (including phenoxy) is 1. The van der Waals surface area contributed by atoms with Gasteiger partial charge >= 0.3 is 7.12 Å². The van der Waals surface area contributed by atoms with E-state index in [1.165, 1.54) is 0 Å². The topological polar surface area (TPSA) is 49.7 Å². The highest BCUT2D eigenvalue weighted by molar-refractivity contribution is 6.59. The zero-order valence-corrected chi connectivity index (χ0v) is 8.53. The van der Waals surface area contributed by atoms with Gasteiger partial charge in [0.1, 0.15) is 5.75 Å². The van der Waals surface area contributed by atoms with E-state index < -0.39 is 7.12 Å². The zero-order chi connectivity index (χ0) is 10.6. The van der Waals surface area contributed by atoms with Gasteiger partial charge < -0.3 is 14.8 Å². The van der Waals surface area contributed by atoms with E-state index in [2.05, 4.69) is 6.92 Å². The van der Waals surface area contributed by atoms with E-state index in [4.69, 9.17) is 14.8 Å². The van der Waals surface area contributed by atoms with Crippen molar-refractivity contribution in [1.82, 2.24) is 0 Å². The maximum absolute atomic E-state index is 9.15. The van der Waals surface area contributed by atoms with Crippen LogP contribution in [0.5, 0.6) is 5.75 Å². The predicted octanol–water partition coefficient (Wildman–Crippen LogP) is 0.327. The van der Waals surface area contributed by atoms with Crippen molar-refractivity contribution in [3.63, 3.8) is 0 Å². The first kappa shape index (κ1) is 11.1. The van der Waals surface area contributed by atoms with E-state index >= 15 is 0 Å². The lowest BCUT2D eigenvalue weighted by Gasteiger charge is -2.09. The lowest BCUT2D eigenvalue weighted by atomic mass is 9.76. The molecule has 0 saturated carbocycles. The summed E-state index contributed by atoms with van der Waals surface area (Å²) < 4.78 is 5.02. The Labute approximate surface area is 84.5 Å². The molecule has 0 fully saturated rings. The molecule has 0 aromatic heterocycles. The van der Waals surface area contributed by atoms with Crippen LogP contribution in [0.2, 0.25) is 0 Å². The van der Waals surface area contributed by atoms with Gasteiger partial charge in [0.05, 0.1) is 7.11 Å². The SMILES string of the molecule is CCCc1ccc(OC)cc1B(O)O. The summed E-state index contributed by atoms with van der Waals surface area (Å²) in [6.07, 6.45) is 1.82. The van der Waals surface area contributed by atoms with Crippen molar-refractivity contribution < 1.29 is 14.8 Å². The van der Waals surface area contributed by atoms with Crippen LogP contribution in [0.3, 0.4) is 0 Å². The van der Waals surface area contributed by atoms with Gasteiger partial charge in [-0.1, -0.05) is 19.4 Å². The molecule has 0 bridgehead atoms. The molecule has 3 nitrogen and oxygen atoms in total. The van der Waals surface area contributed by atoms with E-state index in [9.17, 15) is 0 Å². The van der Waals surface area contributed by atoms with Crippen molar-refractivity contribution >= 4 is 12.6 Å². The molecular weight excluding hydrogens is 179 g/mol. The predicted molar refractivity (Wildman–Crippen MR) is 56.8 cm³/mol. The van der Waals surface area contributed by atoms with Gasteiger partial charge in [-0.05, 0) is 29.6 Å². The molecule has 0 radical (unpaired) electrons. The lowest BCUT2D eigenvalue weighted by Crippen LogP contribution is -2.33. The second-order valence-corrected chi connectivity index (χ2v) is 3.19. The van der Waals surface area contributed by atoms with Gasteiger partial charge in [0.2, 0.25) is 0 Å². The first-order valence-corrected chi connectivity index (χ1v) is 4.72. The van der Waals surface area contributed by atoms with Crippen molar-refractivity contribution in [2.75, 3.05) is 7.11 Å². The molecule has 4 heteroatoms. The second kappa shape index (κ2) is 5.03. The van der Waals surface area contributed by atoms with Crippen molar-refractivity contribution in [2.24, 2.45) is 0 Å². The number of rotatable bonds is 4. The Bertz CT molecular complexity index is 299. The maximum Gasteiger partial charge on any atom is 0.488 e. The van der Waals surface area contributed by atoms with Crippen LogP contribution in [-0.4, -0.2) is 24.3 Å². The normalized spacial score (nSPS) is 10.0. The highest BCUT2D eigenvalue weighted by Gasteiger charge is 2.16. The summed E-state index contributed by atoms with van der Waals surface area (Å²) in [6.45, 7) is 2.05. The average Bonchev–Trinajstić information content (AvgIpc) is 2.18. The van der Waals surface area contributed by atoms with Gasteiger partial charge in [-0.3, -0.25) is 0 Å². The van der Waals surface area contributed by atoms with Gasteiger partial charge in [-0.2, -0.15) is 0 Å². The van der Waals surface area contributed by atoms with Gasteiger partial charge in [0, 0.05) is 0 Å². The zero-order valence-electron chi connectivity index (χ0n) is 8.53. The van der Waals surface area contributed by atoms with E-state index in [1.807, 2.05) is 12.1 Å². The molecule has 76 valence electrons. The summed E-state index contributed by atoms with van der Waals surface area (Å²) in [5, 5.41) is 18.3. The van der Waals surface area contributed by atoms with Crippen LogP contribution >= 0.6 is 0 Å². The minimum atomic E-state index is -1.42. The number of aryl methyl sites for hydroxylation is 1. The van der Waals surface area contributed by atoms with Crippen LogP contribution < -0.4 is 10.2 Å². The van der Waals surface area contributed by atoms with Crippen LogP contribution in [0.1, 0.15) is 18.9 Å². The van der Waals surface area contributed by atoms with E-state index in [-0.39, 0.29) is 0 Å². The summed E-state index contributed by atoms with van der Waals surface area (Å²) >= 11 is 0. The summed E-state index contributed by atoms with van der Waals surface area (Å²) in [5.41, 5.74) is 1.49. The van der Waals surface area contributed by atoms with Crippen LogP contribution in [0.4, 0.5) is 0 Å². The van der Waals surface area contributed by atoms with Crippen molar-refractivity contribution in [3.05, 3.63) is 23.8 Å². The maximum atomic E-state index is 9.15. The second-order valence-electron chi connectivity index (χ2n) is 3.19. The van der Waals surface area contributed by atoms with E-state index in [1.54, 1.807) is 13.2 Å². The number of hydrogen-bond donors (Lipinski definition) is 2. The largest absolute Gasteiger partial charge is 0.497 e. The minimum Gasteiger partial charge on any atom is -0.497 e. The molecule has 0 amide bonds. The fourth-order valence-electron chi connectivity index (χ4n) is 1.44. The molecule has 1 aromatic rings. The molecule has 2 N–H and O–H groups in total. The number of hydrogen-bond acceptors (Lipinski definition) is 3. The van der Waals surface area contributed by atoms with Crippen molar-refractivity contribution in [1.29, 1.82) is 0 Å². The van der Waals surface area contributed by atoms with Crippen molar-refractivity contribution in [2.45, 2.75) is 19.8 Å². The Morgan fingerprint density at radius 3 is 2.57 bits per heavy atom. The molecule has 0 saturated heterocycles. The highest BCUT2D eigenvalue weighted by Crippen LogP contribution is 2.11. The Morgan fingerprint density at radius 2 is 2.07 bits per heavy atom. The Morgan fingerprint density at radius 1 is 1.36 bits per heavy atom. The van der Waals surface area contributed by atoms with Crippen LogP contribution in [0, 0.1) is 0 Å². The molecular formula is C10H15BO3. The number of methoxy groups -OCH3 is 1. The average molecular weight is 194 g/mol. The van der Waals surface area contributed by atoms with Gasteiger partial charge in [0.25, 0.3) is 0 Å². The quantitative estimate of drug-likeness (QED) is 0.679. The molecule has 1 rings (SSSR count). The molecule has 0 atom stereocenters. The summed E-state index contributed by atoms with van der Waals surface area (Å²) in [6, 6.07) is 5.36. The third-order valence-electron chi connectivity index (χ3n) is 2.15. The fraction of sp³-hybridized carbons (Fsp3) is 0.400. The van der Waals surface area contributed by atoms with E-state index in [0.29, 0.717) is 11.2 Å². The third kappa shape index (κ3) is 2.50. The lowest BCUT2D eigenvalue weighted by molar-refractivity contribution is 0.411. The van der Waals surface area contributed by atoms with Gasteiger partial charge in [-0.25, -0.2) is 0 Å². The molecule has 0 heterocycles.